The smallest absolute Gasteiger partial charge is 0.412 e. The van der Waals surface area contributed by atoms with Crippen LogP contribution in [0.3, 0.4) is 0 Å². The molecule has 0 unspecified atom stereocenters. The van der Waals surface area contributed by atoms with Crippen LogP contribution in [0.25, 0.3) is 11.3 Å². The monoisotopic (exact) mass is 273 g/mol. The number of amides is 1. The highest BCUT2D eigenvalue weighted by Crippen LogP contribution is 2.24. The highest BCUT2D eigenvalue weighted by atomic mass is 16.6. The molecule has 0 atom stereocenters. The van der Waals surface area contributed by atoms with Crippen molar-refractivity contribution in [3.8, 4) is 11.3 Å². The predicted octanol–water partition coefficient (Wildman–Crippen LogP) is 3.73. The molecule has 0 aliphatic heterocycles. The molecule has 106 valence electrons. The molecule has 0 radical (unpaired) electrons. The minimum atomic E-state index is -0.515. The average molecular weight is 273 g/mol. The summed E-state index contributed by atoms with van der Waals surface area (Å²) in [6.45, 7) is 7.44. The van der Waals surface area contributed by atoms with Crippen LogP contribution >= 0.6 is 0 Å². The summed E-state index contributed by atoms with van der Waals surface area (Å²) in [7, 11) is 0. The highest BCUT2D eigenvalue weighted by Gasteiger charge is 2.17. The van der Waals surface area contributed by atoms with E-state index in [0.29, 0.717) is 0 Å². The minimum Gasteiger partial charge on any atom is -0.444 e. The van der Waals surface area contributed by atoms with Gasteiger partial charge in [0.2, 0.25) is 0 Å². The Balaban J connectivity index is 2.19. The first-order valence-electron chi connectivity index (χ1n) is 6.44. The Kier molecular flexibility index (Phi) is 3.79. The molecule has 0 bridgehead atoms. The third-order valence-electron chi connectivity index (χ3n) is 2.68. The van der Waals surface area contributed by atoms with Gasteiger partial charge in [-0.05, 0) is 39.3 Å². The molecule has 5 nitrogen and oxygen atoms in total. The zero-order valence-corrected chi connectivity index (χ0v) is 12.2. The summed E-state index contributed by atoms with van der Waals surface area (Å²) >= 11 is 0. The molecule has 20 heavy (non-hydrogen) atoms. The van der Waals surface area contributed by atoms with Crippen molar-refractivity contribution in [1.29, 1.82) is 0 Å². The lowest BCUT2D eigenvalue weighted by Crippen LogP contribution is -2.27. The van der Waals surface area contributed by atoms with E-state index >= 15 is 0 Å². The third-order valence-corrected chi connectivity index (χ3v) is 2.68. The fraction of sp³-hybridized carbons (Fsp3) is 0.333. The molecule has 1 aromatic carbocycles. The fourth-order valence-corrected chi connectivity index (χ4v) is 1.75. The van der Waals surface area contributed by atoms with Gasteiger partial charge in [0.05, 0.1) is 18.2 Å². The number of hydrogen-bond donors (Lipinski definition) is 2. The van der Waals surface area contributed by atoms with Crippen molar-refractivity contribution < 1.29 is 9.53 Å². The SMILES string of the molecule is Cc1ccc(-c2cnc[nH]2)cc1NC(=O)OC(C)(C)C. The van der Waals surface area contributed by atoms with Gasteiger partial charge in [0.15, 0.2) is 0 Å². The van der Waals surface area contributed by atoms with Crippen LogP contribution in [0.1, 0.15) is 26.3 Å². The summed E-state index contributed by atoms with van der Waals surface area (Å²) in [6.07, 6.45) is 2.90. The molecule has 0 saturated carbocycles. The third kappa shape index (κ3) is 3.60. The normalized spacial score (nSPS) is 11.2. The zero-order valence-electron chi connectivity index (χ0n) is 12.2. The molecule has 0 aliphatic rings. The number of nitrogens with one attached hydrogen (secondary N) is 2. The molecule has 2 aromatic rings. The lowest BCUT2D eigenvalue weighted by molar-refractivity contribution is 0.0636. The van der Waals surface area contributed by atoms with Crippen LogP contribution in [-0.2, 0) is 4.74 Å². The largest absolute Gasteiger partial charge is 0.444 e. The van der Waals surface area contributed by atoms with Crippen LogP contribution in [0.4, 0.5) is 10.5 Å². The summed E-state index contributed by atoms with van der Waals surface area (Å²) in [5.74, 6) is 0. The molecular formula is C15H19N3O2. The zero-order chi connectivity index (χ0) is 14.8. The van der Waals surface area contributed by atoms with E-state index in [1.54, 1.807) is 12.5 Å². The lowest BCUT2D eigenvalue weighted by atomic mass is 10.1. The molecule has 5 heteroatoms. The van der Waals surface area contributed by atoms with Crippen molar-refractivity contribution in [3.05, 3.63) is 36.3 Å². The molecule has 2 N–H and O–H groups in total. The first-order chi connectivity index (χ1) is 9.35. The predicted molar refractivity (Wildman–Crippen MR) is 78.6 cm³/mol. The number of H-pyrrole nitrogens is 1. The van der Waals surface area contributed by atoms with E-state index in [1.165, 1.54) is 0 Å². The highest BCUT2D eigenvalue weighted by molar-refractivity contribution is 5.87. The van der Waals surface area contributed by atoms with Crippen LogP contribution < -0.4 is 5.32 Å². The maximum atomic E-state index is 11.8. The number of ether oxygens (including phenoxy) is 1. The summed E-state index contributed by atoms with van der Waals surface area (Å²) in [6, 6.07) is 5.82. The van der Waals surface area contributed by atoms with Crippen LogP contribution in [0.5, 0.6) is 0 Å². The van der Waals surface area contributed by atoms with E-state index in [0.717, 1.165) is 22.5 Å². The standard InChI is InChI=1S/C15H19N3O2/c1-10-5-6-11(13-8-16-9-17-13)7-12(10)18-14(19)20-15(2,3)4/h5-9H,1-4H3,(H,16,17)(H,18,19). The second-order valence-electron chi connectivity index (χ2n) is 5.62. The Labute approximate surface area is 118 Å². The topological polar surface area (TPSA) is 67.0 Å². The van der Waals surface area contributed by atoms with E-state index in [2.05, 4.69) is 15.3 Å². The van der Waals surface area contributed by atoms with Crippen molar-refractivity contribution in [2.45, 2.75) is 33.3 Å². The molecule has 0 saturated heterocycles. The van der Waals surface area contributed by atoms with Gasteiger partial charge < -0.3 is 9.72 Å². The van der Waals surface area contributed by atoms with Gasteiger partial charge in [-0.25, -0.2) is 9.78 Å². The van der Waals surface area contributed by atoms with Crippen molar-refractivity contribution in [2.24, 2.45) is 0 Å². The van der Waals surface area contributed by atoms with Gasteiger partial charge in [-0.1, -0.05) is 12.1 Å². The summed E-state index contributed by atoms with van der Waals surface area (Å²) in [4.78, 5) is 18.9. The number of aryl methyl sites for hydroxylation is 1. The second-order valence-corrected chi connectivity index (χ2v) is 5.62. The second kappa shape index (κ2) is 5.36. The van der Waals surface area contributed by atoms with E-state index in [9.17, 15) is 4.79 Å². The molecule has 2 rings (SSSR count). The number of benzene rings is 1. The fourth-order valence-electron chi connectivity index (χ4n) is 1.75. The van der Waals surface area contributed by atoms with Crippen LogP contribution in [0.2, 0.25) is 0 Å². The Morgan fingerprint density at radius 1 is 1.35 bits per heavy atom. The van der Waals surface area contributed by atoms with Crippen molar-refractivity contribution >= 4 is 11.8 Å². The number of nitrogens with zero attached hydrogens (tertiary/aromatic N) is 1. The number of carbonyl (C=O) groups is 1. The Hall–Kier alpha value is -2.30. The Morgan fingerprint density at radius 3 is 2.70 bits per heavy atom. The lowest BCUT2D eigenvalue weighted by Gasteiger charge is -2.20. The average Bonchev–Trinajstić information content (AvgIpc) is 2.83. The van der Waals surface area contributed by atoms with E-state index in [-0.39, 0.29) is 0 Å². The van der Waals surface area contributed by atoms with Gasteiger partial charge in [-0.2, -0.15) is 0 Å². The van der Waals surface area contributed by atoms with E-state index in [1.807, 2.05) is 45.9 Å². The number of aromatic nitrogens is 2. The van der Waals surface area contributed by atoms with Gasteiger partial charge in [0.1, 0.15) is 5.60 Å². The van der Waals surface area contributed by atoms with E-state index < -0.39 is 11.7 Å². The van der Waals surface area contributed by atoms with Gasteiger partial charge in [-0.3, -0.25) is 5.32 Å². The number of aromatic amines is 1. The quantitative estimate of drug-likeness (QED) is 0.876. The van der Waals surface area contributed by atoms with Crippen LogP contribution in [0, 0.1) is 6.92 Å². The van der Waals surface area contributed by atoms with Gasteiger partial charge >= 0.3 is 6.09 Å². The molecule has 0 spiro atoms. The van der Waals surface area contributed by atoms with Crippen LogP contribution in [-0.4, -0.2) is 21.7 Å². The van der Waals surface area contributed by atoms with Gasteiger partial charge in [0.25, 0.3) is 0 Å². The Morgan fingerprint density at radius 2 is 2.10 bits per heavy atom. The number of rotatable bonds is 2. The first-order valence-corrected chi connectivity index (χ1v) is 6.44. The molecule has 1 heterocycles. The molecular weight excluding hydrogens is 254 g/mol. The number of imidazole rings is 1. The summed E-state index contributed by atoms with van der Waals surface area (Å²) < 4.78 is 5.26. The number of hydrogen-bond acceptors (Lipinski definition) is 3. The first kappa shape index (κ1) is 14.1. The molecule has 1 aromatic heterocycles. The molecule has 0 fully saturated rings. The Bertz CT molecular complexity index is 598. The van der Waals surface area contributed by atoms with Gasteiger partial charge in [-0.15, -0.1) is 0 Å². The molecule has 1 amide bonds. The summed E-state index contributed by atoms with van der Waals surface area (Å²) in [5.41, 5.74) is 3.04. The summed E-state index contributed by atoms with van der Waals surface area (Å²) in [5, 5.41) is 2.77. The maximum absolute atomic E-state index is 11.8. The number of anilines is 1. The van der Waals surface area contributed by atoms with Crippen molar-refractivity contribution in [3.63, 3.8) is 0 Å². The molecule has 0 aliphatic carbocycles. The minimum absolute atomic E-state index is 0.456. The van der Waals surface area contributed by atoms with Crippen LogP contribution in [0.15, 0.2) is 30.7 Å². The van der Waals surface area contributed by atoms with Gasteiger partial charge in [0, 0.05) is 11.3 Å². The number of carbonyl (C=O) groups excluding carboxylic acids is 1. The van der Waals surface area contributed by atoms with E-state index in [4.69, 9.17) is 4.74 Å². The van der Waals surface area contributed by atoms with Crippen molar-refractivity contribution in [1.82, 2.24) is 9.97 Å². The van der Waals surface area contributed by atoms with Crippen molar-refractivity contribution in [2.75, 3.05) is 5.32 Å². The maximum Gasteiger partial charge on any atom is 0.412 e.